The molecule has 2 saturated heterocycles. The van der Waals surface area contributed by atoms with E-state index in [0.717, 1.165) is 37.4 Å². The summed E-state index contributed by atoms with van der Waals surface area (Å²) >= 11 is 0.994. The maximum Gasteiger partial charge on any atom is 0.408 e. The van der Waals surface area contributed by atoms with E-state index in [1.807, 2.05) is 6.92 Å². The van der Waals surface area contributed by atoms with Crippen LogP contribution in [0, 0.1) is 6.92 Å². The number of anilines is 1. The maximum absolute atomic E-state index is 13.5. The molecular formula is C23H28F3N5O4S2. The van der Waals surface area contributed by atoms with Crippen LogP contribution in [0.5, 0.6) is 0 Å². The lowest BCUT2D eigenvalue weighted by atomic mass is 10.1. The second-order valence-corrected chi connectivity index (χ2v) is 13.0. The number of aryl methyl sites for hydroxylation is 1. The van der Waals surface area contributed by atoms with Crippen LogP contribution in [0.15, 0.2) is 12.3 Å². The molecule has 0 aromatic carbocycles. The molecule has 4 heterocycles. The van der Waals surface area contributed by atoms with E-state index in [9.17, 15) is 31.2 Å². The van der Waals surface area contributed by atoms with Gasteiger partial charge in [-0.25, -0.2) is 18.4 Å². The van der Waals surface area contributed by atoms with Gasteiger partial charge in [-0.2, -0.15) is 13.2 Å². The average molecular weight is 560 g/mol. The van der Waals surface area contributed by atoms with Crippen LogP contribution in [0.1, 0.15) is 52.5 Å². The highest BCUT2D eigenvalue weighted by molar-refractivity contribution is 7.91. The van der Waals surface area contributed by atoms with Gasteiger partial charge in [0.25, 0.3) is 11.8 Å². The molecule has 2 atom stereocenters. The summed E-state index contributed by atoms with van der Waals surface area (Å²) in [7, 11) is -3.28. The summed E-state index contributed by atoms with van der Waals surface area (Å²) in [6.07, 6.45) is -0.262. The number of sulfone groups is 1. The van der Waals surface area contributed by atoms with Gasteiger partial charge in [0, 0.05) is 43.7 Å². The van der Waals surface area contributed by atoms with Crippen molar-refractivity contribution in [1.29, 1.82) is 0 Å². The van der Waals surface area contributed by atoms with Gasteiger partial charge in [0.2, 0.25) is 0 Å². The molecule has 0 saturated carbocycles. The molecule has 2 aliphatic rings. The van der Waals surface area contributed by atoms with Crippen molar-refractivity contribution in [1.82, 2.24) is 19.8 Å². The molecule has 202 valence electrons. The number of hydrogen-bond acceptors (Lipinski definition) is 8. The van der Waals surface area contributed by atoms with E-state index in [2.05, 4.69) is 15.3 Å². The number of rotatable bonds is 6. The molecular weight excluding hydrogens is 531 g/mol. The van der Waals surface area contributed by atoms with Gasteiger partial charge in [0.15, 0.2) is 14.8 Å². The molecule has 1 N–H and O–H groups in total. The van der Waals surface area contributed by atoms with Gasteiger partial charge < -0.3 is 15.1 Å². The molecule has 37 heavy (non-hydrogen) atoms. The lowest BCUT2D eigenvalue weighted by Crippen LogP contribution is -2.56. The van der Waals surface area contributed by atoms with Gasteiger partial charge in [-0.05, 0) is 45.2 Å². The summed E-state index contributed by atoms with van der Waals surface area (Å²) in [6, 6.07) is -0.349. The first kappa shape index (κ1) is 27.3. The molecule has 2 fully saturated rings. The number of likely N-dealkylation sites (tertiary alicyclic amines) is 2. The molecule has 0 unspecified atom stereocenters. The number of halogens is 3. The number of alkyl halides is 3. The number of carbonyl (C=O) groups excluding carboxylic acids is 2. The fourth-order valence-corrected chi connectivity index (χ4v) is 6.30. The molecule has 4 rings (SSSR count). The molecule has 2 aromatic heterocycles. The van der Waals surface area contributed by atoms with Gasteiger partial charge in [0.1, 0.15) is 17.6 Å². The third kappa shape index (κ3) is 5.59. The number of amides is 2. The highest BCUT2D eigenvalue weighted by atomic mass is 32.2. The summed E-state index contributed by atoms with van der Waals surface area (Å²) in [6.45, 7) is 5.26. The minimum atomic E-state index is -4.44. The molecule has 2 aliphatic heterocycles. The predicted molar refractivity (Wildman–Crippen MR) is 133 cm³/mol. The summed E-state index contributed by atoms with van der Waals surface area (Å²) in [5.41, 5.74) is 1.12. The average Bonchev–Trinajstić information content (AvgIpc) is 3.37. The van der Waals surface area contributed by atoms with Crippen LogP contribution in [-0.2, 0) is 9.84 Å². The summed E-state index contributed by atoms with van der Waals surface area (Å²) in [5.74, 6) is -0.775. The van der Waals surface area contributed by atoms with Crippen LogP contribution in [0.2, 0.25) is 0 Å². The van der Waals surface area contributed by atoms with Gasteiger partial charge >= 0.3 is 6.18 Å². The molecule has 0 spiro atoms. The zero-order chi connectivity index (χ0) is 27.3. The van der Waals surface area contributed by atoms with E-state index in [0.29, 0.717) is 22.5 Å². The Bertz CT molecular complexity index is 1320. The number of hydrogen-bond donors (Lipinski definition) is 1. The summed E-state index contributed by atoms with van der Waals surface area (Å²) < 4.78 is 62.4. The largest absolute Gasteiger partial charge is 0.408 e. The van der Waals surface area contributed by atoms with Crippen molar-refractivity contribution in [2.45, 2.75) is 57.1 Å². The van der Waals surface area contributed by atoms with Crippen LogP contribution in [0.4, 0.5) is 19.0 Å². The lowest BCUT2D eigenvalue weighted by molar-refractivity contribution is -0.138. The van der Waals surface area contributed by atoms with E-state index in [4.69, 9.17) is 0 Å². The van der Waals surface area contributed by atoms with E-state index < -0.39 is 33.2 Å². The van der Waals surface area contributed by atoms with E-state index >= 15 is 0 Å². The monoisotopic (exact) mass is 559 g/mol. The van der Waals surface area contributed by atoms with Crippen molar-refractivity contribution >= 4 is 38.8 Å². The zero-order valence-corrected chi connectivity index (χ0v) is 22.4. The number of nitrogens with one attached hydrogen (secondary N) is 1. The second-order valence-electron chi connectivity index (χ2n) is 9.64. The van der Waals surface area contributed by atoms with Crippen molar-refractivity contribution in [2.75, 3.05) is 31.2 Å². The minimum absolute atomic E-state index is 0.00163. The Balaban J connectivity index is 1.67. The first-order chi connectivity index (χ1) is 17.2. The number of aromatic nitrogens is 2. The Morgan fingerprint density at radius 2 is 1.92 bits per heavy atom. The van der Waals surface area contributed by atoms with Crippen LogP contribution in [0.25, 0.3) is 10.4 Å². The van der Waals surface area contributed by atoms with E-state index in [1.54, 1.807) is 11.8 Å². The summed E-state index contributed by atoms with van der Waals surface area (Å²) in [5, 5.41) is 1.74. The van der Waals surface area contributed by atoms with Crippen LogP contribution >= 0.6 is 11.3 Å². The van der Waals surface area contributed by atoms with Crippen LogP contribution in [-0.4, -0.2) is 89.4 Å². The fraction of sp³-hybridized carbons (Fsp3) is 0.565. The molecule has 2 aromatic rings. The van der Waals surface area contributed by atoms with Crippen molar-refractivity contribution in [3.05, 3.63) is 28.5 Å². The first-order valence-electron chi connectivity index (χ1n) is 11.8. The fourth-order valence-electron chi connectivity index (χ4n) is 4.30. The SMILES string of the molecule is Cc1cc(N[C@@H](C)C(F)(F)F)ncc1-c1sc(C(=O)N2CC(S(C)(=O)=O)C2)nc1C(=O)N1CCC[C@@H]1C. The molecule has 0 bridgehead atoms. The van der Waals surface area contributed by atoms with Crippen molar-refractivity contribution < 1.29 is 31.2 Å². The topological polar surface area (TPSA) is 113 Å². The maximum atomic E-state index is 13.5. The number of pyridine rings is 1. The molecule has 2 amide bonds. The molecule has 14 heteroatoms. The Morgan fingerprint density at radius 3 is 2.46 bits per heavy atom. The zero-order valence-electron chi connectivity index (χ0n) is 20.8. The number of carbonyl (C=O) groups is 2. The van der Waals surface area contributed by atoms with Gasteiger partial charge in [-0.3, -0.25) is 9.59 Å². The third-order valence-corrected chi connectivity index (χ3v) is 9.36. The van der Waals surface area contributed by atoms with Crippen molar-refractivity contribution in [2.24, 2.45) is 0 Å². The van der Waals surface area contributed by atoms with E-state index in [-0.39, 0.29) is 41.6 Å². The van der Waals surface area contributed by atoms with Gasteiger partial charge in [-0.15, -0.1) is 11.3 Å². The Morgan fingerprint density at radius 1 is 1.24 bits per heavy atom. The van der Waals surface area contributed by atoms with Crippen molar-refractivity contribution in [3.63, 3.8) is 0 Å². The smallest absolute Gasteiger partial charge is 0.359 e. The Labute approximate surface area is 217 Å². The highest BCUT2D eigenvalue weighted by Gasteiger charge is 2.40. The highest BCUT2D eigenvalue weighted by Crippen LogP contribution is 2.36. The molecule has 0 radical (unpaired) electrons. The van der Waals surface area contributed by atoms with Gasteiger partial charge in [0.05, 0.1) is 10.1 Å². The minimum Gasteiger partial charge on any atom is -0.359 e. The van der Waals surface area contributed by atoms with Crippen molar-refractivity contribution in [3.8, 4) is 10.4 Å². The normalized spacial score (nSPS) is 19.6. The van der Waals surface area contributed by atoms with E-state index in [1.165, 1.54) is 17.2 Å². The van der Waals surface area contributed by atoms with Crippen LogP contribution in [0.3, 0.4) is 0 Å². The Hall–Kier alpha value is -2.74. The number of thiazole rings is 1. The first-order valence-corrected chi connectivity index (χ1v) is 14.5. The second kappa shape index (κ2) is 9.86. The third-order valence-electron chi connectivity index (χ3n) is 6.78. The lowest BCUT2D eigenvalue weighted by Gasteiger charge is -2.37. The summed E-state index contributed by atoms with van der Waals surface area (Å²) in [4.78, 5) is 38.5. The quantitative estimate of drug-likeness (QED) is 0.578. The van der Waals surface area contributed by atoms with Crippen LogP contribution < -0.4 is 5.32 Å². The standard InChI is InChI=1S/C23H28F3N5O4S2/c1-12-8-17(28-14(3)23(24,25)26)27-9-16(12)19-18(21(32)31-7-5-6-13(31)2)29-20(36-19)22(33)30-10-15(11-30)37(4,34)35/h8-9,13-15H,5-7,10-11H2,1-4H3,(H,27,28)/t13-,14-/m0/s1. The van der Waals surface area contributed by atoms with Gasteiger partial charge in [-0.1, -0.05) is 0 Å². The molecule has 0 aliphatic carbocycles. The Kier molecular flexibility index (Phi) is 7.27. The molecule has 9 nitrogen and oxygen atoms in total. The predicted octanol–water partition coefficient (Wildman–Crippen LogP) is 3.37. The number of nitrogens with zero attached hydrogens (tertiary/aromatic N) is 4.